The van der Waals surface area contributed by atoms with Crippen molar-refractivity contribution in [1.29, 1.82) is 0 Å². The Morgan fingerprint density at radius 2 is 2.19 bits per heavy atom. The molecule has 1 aromatic heterocycles. The average molecular weight is 423 g/mol. The van der Waals surface area contributed by atoms with E-state index >= 15 is 0 Å². The number of hydrogen-bond donors (Lipinski definition) is 2. The lowest BCUT2D eigenvalue weighted by atomic mass is 10.1. The number of hydrogen-bond acceptors (Lipinski definition) is 3. The van der Waals surface area contributed by atoms with Gasteiger partial charge < -0.3 is 15.1 Å². The summed E-state index contributed by atoms with van der Waals surface area (Å²) < 4.78 is 5.88. The van der Waals surface area contributed by atoms with Gasteiger partial charge in [0.1, 0.15) is 11.5 Å². The first-order chi connectivity index (χ1) is 9.52. The molecule has 0 aromatic carbocycles. The Bertz CT molecular complexity index is 481. The molecule has 1 atom stereocenters. The van der Waals surface area contributed by atoms with Crippen molar-refractivity contribution in [2.24, 2.45) is 4.99 Å². The maximum Gasteiger partial charge on any atom is 0.191 e. The van der Waals surface area contributed by atoms with Crippen LogP contribution >= 0.6 is 35.7 Å². The molecule has 21 heavy (non-hydrogen) atoms. The van der Waals surface area contributed by atoms with Crippen molar-refractivity contribution in [3.05, 3.63) is 23.2 Å². The number of nitrogens with zero attached hydrogens (tertiary/aromatic N) is 1. The summed E-state index contributed by atoms with van der Waals surface area (Å²) >= 11 is 2.06. The van der Waals surface area contributed by atoms with E-state index in [0.717, 1.165) is 30.6 Å². The van der Waals surface area contributed by atoms with Gasteiger partial charge in [-0.2, -0.15) is 11.8 Å². The van der Waals surface area contributed by atoms with E-state index in [2.05, 4.69) is 40.4 Å². The van der Waals surface area contributed by atoms with Gasteiger partial charge in [0.2, 0.25) is 0 Å². The lowest BCUT2D eigenvalue weighted by Crippen LogP contribution is -2.43. The topological polar surface area (TPSA) is 49.6 Å². The monoisotopic (exact) mass is 423 g/mol. The highest BCUT2D eigenvalue weighted by Crippen LogP contribution is 2.36. The molecule has 0 radical (unpaired) electrons. The van der Waals surface area contributed by atoms with Crippen LogP contribution in [0.4, 0.5) is 0 Å². The number of guanidine groups is 1. The average Bonchev–Trinajstić information content (AvgIpc) is 2.97. The number of furan rings is 1. The van der Waals surface area contributed by atoms with Crippen molar-refractivity contribution in [1.82, 2.24) is 10.6 Å². The van der Waals surface area contributed by atoms with Gasteiger partial charge in [0.05, 0.1) is 0 Å². The lowest BCUT2D eigenvalue weighted by molar-refractivity contribution is 0.500. The van der Waals surface area contributed by atoms with Gasteiger partial charge in [-0.05, 0) is 45.4 Å². The van der Waals surface area contributed by atoms with Crippen LogP contribution in [0.25, 0.3) is 0 Å². The number of rotatable bonds is 4. The van der Waals surface area contributed by atoms with Crippen LogP contribution in [0.1, 0.15) is 36.8 Å². The van der Waals surface area contributed by atoms with Crippen molar-refractivity contribution in [3.63, 3.8) is 0 Å². The molecule has 1 saturated heterocycles. The largest absolute Gasteiger partial charge is 0.466 e. The summed E-state index contributed by atoms with van der Waals surface area (Å²) in [7, 11) is 1.81. The maximum atomic E-state index is 5.53. The van der Waals surface area contributed by atoms with Crippen LogP contribution in [-0.4, -0.2) is 30.1 Å². The molecule has 0 bridgehead atoms. The van der Waals surface area contributed by atoms with E-state index in [1.165, 1.54) is 24.2 Å². The van der Waals surface area contributed by atoms with Crippen LogP contribution < -0.4 is 10.6 Å². The molecule has 0 spiro atoms. The fraction of sp³-hybridized carbons (Fsp3) is 0.667. The highest BCUT2D eigenvalue weighted by Gasteiger charge is 2.29. The Morgan fingerprint density at radius 3 is 2.71 bits per heavy atom. The van der Waals surface area contributed by atoms with Gasteiger partial charge in [-0.3, -0.25) is 4.99 Å². The summed E-state index contributed by atoms with van der Waals surface area (Å²) in [6, 6.07) is 2.07. The molecule has 1 unspecified atom stereocenters. The predicted octanol–water partition coefficient (Wildman–Crippen LogP) is 3.47. The normalized spacial score (nSPS) is 22.0. The number of nitrogens with one attached hydrogen (secondary N) is 2. The summed E-state index contributed by atoms with van der Waals surface area (Å²) in [6.45, 7) is 8.00. The SMILES string of the molecule is CN=C(NCc1cc(C)oc1C)NCC1(C)CCCS1.I. The van der Waals surface area contributed by atoms with E-state index in [9.17, 15) is 0 Å². The van der Waals surface area contributed by atoms with Crippen LogP contribution in [0.5, 0.6) is 0 Å². The maximum absolute atomic E-state index is 5.53. The quantitative estimate of drug-likeness (QED) is 0.443. The molecule has 2 heterocycles. The molecule has 2 rings (SSSR count). The van der Waals surface area contributed by atoms with Gasteiger partial charge >= 0.3 is 0 Å². The minimum absolute atomic E-state index is 0. The molecule has 1 aliphatic rings. The Hall–Kier alpha value is -0.370. The molecule has 120 valence electrons. The molecule has 2 N–H and O–H groups in total. The third-order valence-electron chi connectivity index (χ3n) is 3.74. The molecule has 0 amide bonds. The summed E-state index contributed by atoms with van der Waals surface area (Å²) in [5.41, 5.74) is 1.19. The van der Waals surface area contributed by atoms with E-state index in [1.807, 2.05) is 20.9 Å². The zero-order valence-corrected chi connectivity index (χ0v) is 16.4. The van der Waals surface area contributed by atoms with Crippen LogP contribution in [0, 0.1) is 13.8 Å². The molecule has 0 aliphatic carbocycles. The zero-order chi connectivity index (χ0) is 14.6. The Morgan fingerprint density at radius 1 is 1.43 bits per heavy atom. The third-order valence-corrected chi connectivity index (χ3v) is 5.28. The first kappa shape index (κ1) is 18.7. The van der Waals surface area contributed by atoms with E-state index in [0.29, 0.717) is 4.75 Å². The van der Waals surface area contributed by atoms with Crippen molar-refractivity contribution >= 4 is 41.7 Å². The van der Waals surface area contributed by atoms with Crippen molar-refractivity contribution in [3.8, 4) is 0 Å². The molecular weight excluding hydrogens is 397 g/mol. The van der Waals surface area contributed by atoms with Gasteiger partial charge in [-0.25, -0.2) is 0 Å². The van der Waals surface area contributed by atoms with Crippen molar-refractivity contribution < 1.29 is 4.42 Å². The van der Waals surface area contributed by atoms with Crippen LogP contribution in [0.3, 0.4) is 0 Å². The molecule has 1 aliphatic heterocycles. The Labute approximate surface area is 148 Å². The van der Waals surface area contributed by atoms with Gasteiger partial charge in [0.15, 0.2) is 5.96 Å². The number of aryl methyl sites for hydroxylation is 2. The van der Waals surface area contributed by atoms with Gasteiger partial charge in [0.25, 0.3) is 0 Å². The Balaban J connectivity index is 0.00000220. The molecule has 6 heteroatoms. The zero-order valence-electron chi connectivity index (χ0n) is 13.3. The van der Waals surface area contributed by atoms with E-state index in [1.54, 1.807) is 0 Å². The van der Waals surface area contributed by atoms with Crippen LogP contribution in [0.2, 0.25) is 0 Å². The molecule has 1 aromatic rings. The van der Waals surface area contributed by atoms with Gasteiger partial charge in [0, 0.05) is 30.4 Å². The van der Waals surface area contributed by atoms with Crippen LogP contribution in [0.15, 0.2) is 15.5 Å². The summed E-state index contributed by atoms with van der Waals surface area (Å²) in [4.78, 5) is 4.29. The third kappa shape index (κ3) is 5.39. The van der Waals surface area contributed by atoms with E-state index in [-0.39, 0.29) is 24.0 Å². The number of halogens is 1. The van der Waals surface area contributed by atoms with Gasteiger partial charge in [-0.15, -0.1) is 24.0 Å². The summed E-state index contributed by atoms with van der Waals surface area (Å²) in [5, 5.41) is 6.79. The smallest absolute Gasteiger partial charge is 0.191 e. The van der Waals surface area contributed by atoms with Crippen LogP contribution in [-0.2, 0) is 6.54 Å². The second kappa shape index (κ2) is 8.31. The molecule has 4 nitrogen and oxygen atoms in total. The van der Waals surface area contributed by atoms with Gasteiger partial charge in [-0.1, -0.05) is 0 Å². The fourth-order valence-corrected chi connectivity index (χ4v) is 3.75. The highest BCUT2D eigenvalue weighted by atomic mass is 127. The second-order valence-corrected chi connectivity index (χ2v) is 7.30. The molecule has 1 fully saturated rings. The highest BCUT2D eigenvalue weighted by molar-refractivity contribution is 14.0. The van der Waals surface area contributed by atoms with E-state index in [4.69, 9.17) is 4.42 Å². The Kier molecular flexibility index (Phi) is 7.39. The summed E-state index contributed by atoms with van der Waals surface area (Å²) in [6.07, 6.45) is 2.60. The van der Waals surface area contributed by atoms with E-state index < -0.39 is 0 Å². The first-order valence-corrected chi connectivity index (χ1v) is 8.15. The predicted molar refractivity (Wildman–Crippen MR) is 102 cm³/mol. The molecule has 0 saturated carbocycles. The number of aliphatic imine (C=N–C) groups is 1. The minimum Gasteiger partial charge on any atom is -0.466 e. The second-order valence-electron chi connectivity index (χ2n) is 5.62. The standard InChI is InChI=1S/C15H25N3OS.HI/c1-11-8-13(12(2)19-11)9-17-14(16-4)18-10-15(3)6-5-7-20-15;/h8H,5-7,9-10H2,1-4H3,(H2,16,17,18);1H. The van der Waals surface area contributed by atoms with Crippen molar-refractivity contribution in [2.75, 3.05) is 19.3 Å². The first-order valence-electron chi connectivity index (χ1n) is 7.17. The summed E-state index contributed by atoms with van der Waals surface area (Å²) in [5.74, 6) is 4.07. The minimum atomic E-state index is 0. The lowest BCUT2D eigenvalue weighted by Gasteiger charge is -2.24. The molecular formula is C15H26IN3OS. The van der Waals surface area contributed by atoms with Crippen molar-refractivity contribution in [2.45, 2.75) is 44.9 Å². The number of thioether (sulfide) groups is 1. The fourth-order valence-electron chi connectivity index (χ4n) is 2.51.